The molecule has 2 bridgehead atoms. The highest BCUT2D eigenvalue weighted by Gasteiger charge is 2.35. The van der Waals surface area contributed by atoms with Gasteiger partial charge in [-0.15, -0.1) is 0 Å². The molecule has 0 saturated carbocycles. The Bertz CT molecular complexity index is 460. The molecule has 0 radical (unpaired) electrons. The van der Waals surface area contributed by atoms with E-state index in [1.54, 1.807) is 6.07 Å². The molecule has 0 spiro atoms. The van der Waals surface area contributed by atoms with Crippen LogP contribution in [0.15, 0.2) is 18.2 Å². The lowest BCUT2D eigenvalue weighted by Crippen LogP contribution is -2.66. The predicted molar refractivity (Wildman–Crippen MR) is 74.9 cm³/mol. The minimum atomic E-state index is -0.361. The number of nitrogens with two attached hydrogens (primary N) is 1. The van der Waals surface area contributed by atoms with Crippen LogP contribution in [0.3, 0.4) is 0 Å². The van der Waals surface area contributed by atoms with Gasteiger partial charge in [-0.2, -0.15) is 0 Å². The minimum absolute atomic E-state index is 0.0451. The lowest BCUT2D eigenvalue weighted by atomic mass is 9.95. The molecule has 0 amide bonds. The third-order valence-corrected chi connectivity index (χ3v) is 4.58. The molecule has 2 N–H and O–H groups in total. The molecule has 3 saturated heterocycles. The van der Waals surface area contributed by atoms with Crippen molar-refractivity contribution in [3.05, 3.63) is 34.6 Å². The van der Waals surface area contributed by atoms with E-state index in [0.29, 0.717) is 12.5 Å². The summed E-state index contributed by atoms with van der Waals surface area (Å²) in [5, 5.41) is 0.170. The summed E-state index contributed by atoms with van der Waals surface area (Å²) >= 11 is 5.70. The first-order valence-corrected chi connectivity index (χ1v) is 7.17. The summed E-state index contributed by atoms with van der Waals surface area (Å²) in [4.78, 5) is 4.93. The van der Waals surface area contributed by atoms with Crippen molar-refractivity contribution in [3.63, 3.8) is 0 Å². The zero-order valence-electron chi connectivity index (χ0n) is 10.9. The quantitative estimate of drug-likeness (QED) is 0.909. The smallest absolute Gasteiger partial charge is 0.142 e. The number of piperazine rings is 3. The van der Waals surface area contributed by atoms with Crippen molar-refractivity contribution < 1.29 is 4.39 Å². The van der Waals surface area contributed by atoms with Gasteiger partial charge < -0.3 is 5.73 Å². The summed E-state index contributed by atoms with van der Waals surface area (Å²) in [6.07, 6.45) is 0.698. The van der Waals surface area contributed by atoms with E-state index in [-0.39, 0.29) is 16.9 Å². The molecule has 5 heteroatoms. The minimum Gasteiger partial charge on any atom is -0.326 e. The van der Waals surface area contributed by atoms with Crippen LogP contribution in [0.2, 0.25) is 5.02 Å². The lowest BCUT2D eigenvalue weighted by Gasteiger charge is -2.49. The lowest BCUT2D eigenvalue weighted by molar-refractivity contribution is 0.00258. The Labute approximate surface area is 118 Å². The SMILES string of the molecule is NC(Cc1ccc(Cl)c(F)c1)C1CN2CCN1CC2. The van der Waals surface area contributed by atoms with Crippen molar-refractivity contribution in [1.29, 1.82) is 0 Å². The van der Waals surface area contributed by atoms with E-state index in [4.69, 9.17) is 17.3 Å². The van der Waals surface area contributed by atoms with Crippen LogP contribution < -0.4 is 5.73 Å². The second-order valence-electron chi connectivity index (χ2n) is 5.52. The molecule has 104 valence electrons. The van der Waals surface area contributed by atoms with Crippen LogP contribution in [-0.2, 0) is 6.42 Å². The summed E-state index contributed by atoms with van der Waals surface area (Å²) < 4.78 is 13.4. The molecule has 0 aliphatic carbocycles. The van der Waals surface area contributed by atoms with E-state index in [2.05, 4.69) is 9.80 Å². The van der Waals surface area contributed by atoms with Gasteiger partial charge in [0.1, 0.15) is 5.82 Å². The summed E-state index contributed by atoms with van der Waals surface area (Å²) in [6.45, 7) is 5.55. The Kier molecular flexibility index (Phi) is 3.76. The first kappa shape index (κ1) is 13.3. The zero-order valence-corrected chi connectivity index (χ0v) is 11.6. The van der Waals surface area contributed by atoms with Gasteiger partial charge in [-0.3, -0.25) is 9.80 Å². The van der Waals surface area contributed by atoms with Gasteiger partial charge in [-0.1, -0.05) is 17.7 Å². The molecule has 19 heavy (non-hydrogen) atoms. The van der Waals surface area contributed by atoms with Crippen molar-refractivity contribution in [2.45, 2.75) is 18.5 Å². The highest BCUT2D eigenvalue weighted by Crippen LogP contribution is 2.21. The van der Waals surface area contributed by atoms with Crippen LogP contribution in [0.1, 0.15) is 5.56 Å². The van der Waals surface area contributed by atoms with Crippen LogP contribution >= 0.6 is 11.6 Å². The maximum Gasteiger partial charge on any atom is 0.142 e. The van der Waals surface area contributed by atoms with Crippen LogP contribution in [-0.4, -0.2) is 54.6 Å². The Morgan fingerprint density at radius 2 is 2.05 bits per heavy atom. The molecule has 4 rings (SSSR count). The third kappa shape index (κ3) is 2.77. The maximum atomic E-state index is 13.4. The first-order chi connectivity index (χ1) is 9.13. The zero-order chi connectivity index (χ0) is 13.4. The molecule has 2 atom stereocenters. The molecule has 1 aromatic rings. The fraction of sp³-hybridized carbons (Fsp3) is 0.571. The van der Waals surface area contributed by atoms with Gasteiger partial charge in [0.25, 0.3) is 0 Å². The molecule has 0 aromatic heterocycles. The molecule has 1 aromatic carbocycles. The fourth-order valence-corrected chi connectivity index (χ4v) is 3.26. The van der Waals surface area contributed by atoms with E-state index in [1.807, 2.05) is 6.07 Å². The topological polar surface area (TPSA) is 32.5 Å². The second kappa shape index (κ2) is 5.37. The van der Waals surface area contributed by atoms with Crippen LogP contribution in [0.25, 0.3) is 0 Å². The first-order valence-electron chi connectivity index (χ1n) is 6.79. The van der Waals surface area contributed by atoms with E-state index >= 15 is 0 Å². The molecule has 3 nitrogen and oxygen atoms in total. The van der Waals surface area contributed by atoms with Crippen molar-refractivity contribution >= 4 is 11.6 Å². The Morgan fingerprint density at radius 1 is 1.32 bits per heavy atom. The molecule has 3 aliphatic heterocycles. The molecular weight excluding hydrogens is 265 g/mol. The van der Waals surface area contributed by atoms with E-state index in [0.717, 1.165) is 38.3 Å². The number of benzene rings is 1. The Balaban J connectivity index is 1.67. The second-order valence-corrected chi connectivity index (χ2v) is 5.93. The average Bonchev–Trinajstić information content (AvgIpc) is 2.44. The van der Waals surface area contributed by atoms with Gasteiger partial charge in [-0.05, 0) is 24.1 Å². The summed E-state index contributed by atoms with van der Waals surface area (Å²) in [5.41, 5.74) is 7.25. The van der Waals surface area contributed by atoms with Crippen LogP contribution in [0, 0.1) is 5.82 Å². The third-order valence-electron chi connectivity index (χ3n) is 4.27. The van der Waals surface area contributed by atoms with Crippen molar-refractivity contribution in [1.82, 2.24) is 9.80 Å². The monoisotopic (exact) mass is 283 g/mol. The summed E-state index contributed by atoms with van der Waals surface area (Å²) in [5.74, 6) is -0.361. The number of hydrogen-bond donors (Lipinski definition) is 1. The highest BCUT2D eigenvalue weighted by atomic mass is 35.5. The van der Waals surface area contributed by atoms with Crippen molar-refractivity contribution in [2.75, 3.05) is 32.7 Å². The van der Waals surface area contributed by atoms with Gasteiger partial charge >= 0.3 is 0 Å². The predicted octanol–water partition coefficient (Wildman–Crippen LogP) is 1.35. The fourth-order valence-electron chi connectivity index (χ4n) is 3.14. The van der Waals surface area contributed by atoms with Crippen LogP contribution in [0.4, 0.5) is 4.39 Å². The van der Waals surface area contributed by atoms with Crippen LogP contribution in [0.5, 0.6) is 0 Å². The largest absolute Gasteiger partial charge is 0.326 e. The van der Waals surface area contributed by atoms with Gasteiger partial charge in [0, 0.05) is 44.8 Å². The van der Waals surface area contributed by atoms with Crippen molar-refractivity contribution in [3.8, 4) is 0 Å². The standard InChI is InChI=1S/C14H19ClFN3/c15-11-2-1-10(7-12(11)16)8-13(17)14-9-18-3-5-19(14)6-4-18/h1-2,7,13-14H,3-6,8-9,17H2. The number of halogens is 2. The average molecular weight is 284 g/mol. The number of nitrogens with zero attached hydrogens (tertiary/aromatic N) is 2. The van der Waals surface area contributed by atoms with Gasteiger partial charge in [-0.25, -0.2) is 4.39 Å². The van der Waals surface area contributed by atoms with E-state index in [1.165, 1.54) is 6.07 Å². The van der Waals surface area contributed by atoms with E-state index in [9.17, 15) is 4.39 Å². The van der Waals surface area contributed by atoms with Crippen molar-refractivity contribution in [2.24, 2.45) is 5.73 Å². The number of hydrogen-bond acceptors (Lipinski definition) is 3. The van der Waals surface area contributed by atoms with Gasteiger partial charge in [0.05, 0.1) is 5.02 Å². The van der Waals surface area contributed by atoms with E-state index < -0.39 is 0 Å². The number of rotatable bonds is 3. The Morgan fingerprint density at radius 3 is 2.63 bits per heavy atom. The molecule has 3 heterocycles. The molecule has 2 unspecified atom stereocenters. The highest BCUT2D eigenvalue weighted by molar-refractivity contribution is 6.30. The molecule has 3 aliphatic rings. The molecule has 3 fully saturated rings. The van der Waals surface area contributed by atoms with Gasteiger partial charge in [0.15, 0.2) is 0 Å². The van der Waals surface area contributed by atoms with Gasteiger partial charge in [0.2, 0.25) is 0 Å². The normalized spacial score (nSPS) is 31.4. The number of fused-ring (bicyclic) bond motifs is 3. The molecular formula is C14H19ClFN3. The summed E-state index contributed by atoms with van der Waals surface area (Å²) in [6, 6.07) is 5.40. The summed E-state index contributed by atoms with van der Waals surface area (Å²) in [7, 11) is 0. The maximum absolute atomic E-state index is 13.4. The Hall–Kier alpha value is -0.680.